The molecule has 57 heavy (non-hydrogen) atoms. The van der Waals surface area contributed by atoms with Gasteiger partial charge in [-0.05, 0) is 34.7 Å². The van der Waals surface area contributed by atoms with Crippen molar-refractivity contribution in [2.24, 2.45) is 0 Å². The Morgan fingerprint density at radius 2 is 0.807 bits per heavy atom. The summed E-state index contributed by atoms with van der Waals surface area (Å²) < 4.78 is 2.20. The molecule has 0 amide bonds. The molecular weight excluding hydrogens is 693 g/mol. The summed E-state index contributed by atoms with van der Waals surface area (Å²) in [5.41, 5.74) is 15.4. The van der Waals surface area contributed by atoms with Crippen LogP contribution in [-0.4, -0.2) is 19.6 Å². The lowest BCUT2D eigenvalue weighted by atomic mass is 9.90. The minimum atomic E-state index is 0.892. The molecule has 0 radical (unpaired) electrons. The van der Waals surface area contributed by atoms with E-state index in [1.54, 1.807) is 0 Å². The van der Waals surface area contributed by atoms with Gasteiger partial charge in [-0.1, -0.05) is 188 Å². The lowest BCUT2D eigenvalue weighted by Gasteiger charge is -2.18. The molecule has 0 atom stereocenters. The normalized spacial score (nSPS) is 11.5. The number of hydrogen-bond donors (Lipinski definition) is 0. The highest BCUT2D eigenvalue weighted by Gasteiger charge is 2.25. The van der Waals surface area contributed by atoms with Crippen LogP contribution in [0.1, 0.15) is 0 Å². The van der Waals surface area contributed by atoms with Crippen LogP contribution in [0.4, 0.5) is 0 Å². The Hall–Kier alpha value is -7.69. The van der Waals surface area contributed by atoms with Crippen LogP contribution >= 0.6 is 0 Å². The first-order chi connectivity index (χ1) is 28.3. The smallest absolute Gasteiger partial charge is 0.101 e. The molecular formula is C53H34N4. The lowest BCUT2D eigenvalue weighted by molar-refractivity contribution is 0.981. The first kappa shape index (κ1) is 32.7. The molecule has 0 aliphatic carbocycles. The molecule has 0 fully saturated rings. The molecule has 0 N–H and O–H groups in total. The third-order valence-electron chi connectivity index (χ3n) is 11.0. The van der Waals surface area contributed by atoms with E-state index in [2.05, 4.69) is 205 Å². The lowest BCUT2D eigenvalue weighted by Crippen LogP contribution is -2.00. The van der Waals surface area contributed by atoms with Crippen molar-refractivity contribution < 1.29 is 0 Å². The molecule has 0 spiro atoms. The maximum absolute atomic E-state index is 5.54. The van der Waals surface area contributed by atoms with Gasteiger partial charge in [0.25, 0.3) is 0 Å². The number of nitrogens with zero attached hydrogens (tertiary/aromatic N) is 4. The van der Waals surface area contributed by atoms with Crippen LogP contribution in [0.15, 0.2) is 206 Å². The van der Waals surface area contributed by atoms with E-state index in [0.29, 0.717) is 0 Å². The third kappa shape index (κ3) is 5.58. The monoisotopic (exact) mass is 726 g/mol. The zero-order valence-electron chi connectivity index (χ0n) is 30.9. The second kappa shape index (κ2) is 13.6. The number of aromatic nitrogens is 4. The average Bonchev–Trinajstić information content (AvgIpc) is 3.70. The summed E-state index contributed by atoms with van der Waals surface area (Å²) in [4.78, 5) is 10.5. The number of fused-ring (bicyclic) bond motifs is 6. The Labute approximate surface area is 330 Å². The second-order valence-corrected chi connectivity index (χ2v) is 14.4. The van der Waals surface area contributed by atoms with E-state index in [4.69, 9.17) is 15.1 Å². The molecule has 11 aromatic rings. The maximum Gasteiger partial charge on any atom is 0.101 e. The Bertz CT molecular complexity index is 3260. The Balaban J connectivity index is 1.17. The molecule has 0 aliphatic heterocycles. The van der Waals surface area contributed by atoms with Crippen LogP contribution in [-0.2, 0) is 0 Å². The van der Waals surface area contributed by atoms with E-state index in [9.17, 15) is 0 Å². The summed E-state index contributed by atoms with van der Waals surface area (Å²) in [5, 5.41) is 9.97. The molecule has 0 saturated carbocycles. The minimum Gasteiger partial charge on any atom is -0.245 e. The maximum atomic E-state index is 5.54. The molecule has 0 bridgehead atoms. The van der Waals surface area contributed by atoms with Crippen molar-refractivity contribution in [2.75, 3.05) is 0 Å². The topological polar surface area (TPSA) is 43.1 Å². The van der Waals surface area contributed by atoms with Gasteiger partial charge in [-0.3, -0.25) is 0 Å². The van der Waals surface area contributed by atoms with E-state index < -0.39 is 0 Å². The quantitative estimate of drug-likeness (QED) is 0.160. The number of rotatable bonds is 6. The average molecular weight is 727 g/mol. The largest absolute Gasteiger partial charge is 0.245 e. The zero-order chi connectivity index (χ0) is 37.7. The van der Waals surface area contributed by atoms with Crippen LogP contribution in [0.25, 0.3) is 105 Å². The molecule has 4 nitrogen and oxygen atoms in total. The number of benzene rings is 7. The van der Waals surface area contributed by atoms with Gasteiger partial charge >= 0.3 is 0 Å². The van der Waals surface area contributed by atoms with Crippen molar-refractivity contribution in [2.45, 2.75) is 0 Å². The van der Waals surface area contributed by atoms with Crippen molar-refractivity contribution in [3.63, 3.8) is 0 Å². The van der Waals surface area contributed by atoms with E-state index in [1.807, 2.05) is 6.07 Å². The van der Waals surface area contributed by atoms with E-state index in [1.165, 1.54) is 0 Å². The van der Waals surface area contributed by atoms with Gasteiger partial charge in [0.15, 0.2) is 0 Å². The molecule has 7 aromatic carbocycles. The Morgan fingerprint density at radius 1 is 0.333 bits per heavy atom. The van der Waals surface area contributed by atoms with Gasteiger partial charge in [0.1, 0.15) is 5.69 Å². The van der Waals surface area contributed by atoms with E-state index in [-0.39, 0.29) is 0 Å². The van der Waals surface area contributed by atoms with Crippen LogP contribution in [0, 0.1) is 0 Å². The fraction of sp³-hybridized carbons (Fsp3) is 0. The predicted molar refractivity (Wildman–Crippen MR) is 236 cm³/mol. The predicted octanol–water partition coefficient (Wildman–Crippen LogP) is 13.6. The van der Waals surface area contributed by atoms with Gasteiger partial charge in [0, 0.05) is 49.5 Å². The van der Waals surface area contributed by atoms with Crippen LogP contribution in [0.2, 0.25) is 0 Å². The Morgan fingerprint density at radius 3 is 1.44 bits per heavy atom. The third-order valence-corrected chi connectivity index (χ3v) is 11.0. The standard InChI is InChI=1S/C53H34N4/c1-5-16-35(17-6-1)45-32-30-38-28-29-39-31-33-46(55-51(39)50(38)54-45)41-24-15-25-42(34-41)47-43-26-13-14-27-44(43)53-48(36-18-7-2-8-19-36)49(37-20-9-3-10-21-37)56-57(53)52(47)40-22-11-4-12-23-40/h1-34H. The van der Waals surface area contributed by atoms with Crippen molar-refractivity contribution in [3.8, 4) is 67.3 Å². The van der Waals surface area contributed by atoms with E-state index >= 15 is 0 Å². The summed E-state index contributed by atoms with van der Waals surface area (Å²) in [6, 6.07) is 72.6. The second-order valence-electron chi connectivity index (χ2n) is 14.4. The van der Waals surface area contributed by atoms with Crippen LogP contribution in [0.3, 0.4) is 0 Å². The van der Waals surface area contributed by atoms with Gasteiger partial charge in [-0.15, -0.1) is 0 Å². The zero-order valence-corrected chi connectivity index (χ0v) is 30.9. The summed E-state index contributed by atoms with van der Waals surface area (Å²) in [5.74, 6) is 0. The van der Waals surface area contributed by atoms with Crippen molar-refractivity contribution >= 4 is 38.1 Å². The summed E-state index contributed by atoms with van der Waals surface area (Å²) in [6.45, 7) is 0. The highest BCUT2D eigenvalue weighted by atomic mass is 15.2. The molecule has 0 unspecified atom stereocenters. The van der Waals surface area contributed by atoms with Crippen LogP contribution in [0.5, 0.6) is 0 Å². The van der Waals surface area contributed by atoms with Crippen molar-refractivity contribution in [3.05, 3.63) is 206 Å². The molecule has 11 rings (SSSR count). The summed E-state index contributed by atoms with van der Waals surface area (Å²) in [6.07, 6.45) is 0. The van der Waals surface area contributed by atoms with Gasteiger partial charge in [0.05, 0.1) is 33.6 Å². The van der Waals surface area contributed by atoms with Gasteiger partial charge < -0.3 is 0 Å². The van der Waals surface area contributed by atoms with Gasteiger partial charge in [0.2, 0.25) is 0 Å². The minimum absolute atomic E-state index is 0.892. The Kier molecular flexibility index (Phi) is 7.78. The summed E-state index contributed by atoms with van der Waals surface area (Å²) in [7, 11) is 0. The molecule has 0 saturated heterocycles. The van der Waals surface area contributed by atoms with Crippen molar-refractivity contribution in [1.29, 1.82) is 0 Å². The number of hydrogen-bond acceptors (Lipinski definition) is 3. The van der Waals surface area contributed by atoms with E-state index in [0.717, 1.165) is 105 Å². The van der Waals surface area contributed by atoms with Crippen LogP contribution < -0.4 is 0 Å². The van der Waals surface area contributed by atoms with Gasteiger partial charge in [-0.2, -0.15) is 5.10 Å². The first-order valence-corrected chi connectivity index (χ1v) is 19.3. The van der Waals surface area contributed by atoms with Crippen molar-refractivity contribution in [1.82, 2.24) is 19.6 Å². The number of pyridine rings is 3. The first-order valence-electron chi connectivity index (χ1n) is 19.3. The fourth-order valence-electron chi connectivity index (χ4n) is 8.33. The molecule has 4 heterocycles. The molecule has 4 aromatic heterocycles. The fourth-order valence-corrected chi connectivity index (χ4v) is 8.33. The highest BCUT2D eigenvalue weighted by Crippen LogP contribution is 2.46. The molecule has 4 heteroatoms. The molecule has 266 valence electrons. The molecule has 0 aliphatic rings. The SMILES string of the molecule is c1ccc(-c2ccc3ccc4ccc(-c5cccc(-c6c(-c7ccccc7)n7nc(-c8ccccc8)c(-c8ccccc8)c7c7ccccc67)c5)nc4c3n2)cc1. The summed E-state index contributed by atoms with van der Waals surface area (Å²) >= 11 is 0. The van der Waals surface area contributed by atoms with Gasteiger partial charge in [-0.25, -0.2) is 14.5 Å². The highest BCUT2D eigenvalue weighted by molar-refractivity contribution is 6.15.